The maximum absolute atomic E-state index is 12.1. The summed E-state index contributed by atoms with van der Waals surface area (Å²) >= 11 is 5.77. The van der Waals surface area contributed by atoms with Gasteiger partial charge >= 0.3 is 0 Å². The van der Waals surface area contributed by atoms with Gasteiger partial charge in [-0.2, -0.15) is 0 Å². The number of nitrogens with zero attached hydrogens (tertiary/aromatic N) is 3. The maximum Gasteiger partial charge on any atom is 0.280 e. The fourth-order valence-corrected chi connectivity index (χ4v) is 3.54. The third kappa shape index (κ3) is 11.0. The Morgan fingerprint density at radius 3 is 2.38 bits per heavy atom. The van der Waals surface area contributed by atoms with Gasteiger partial charge in [0, 0.05) is 6.54 Å². The molecule has 1 aliphatic rings. The molecule has 1 amide bonds. The zero-order valence-corrected chi connectivity index (χ0v) is 21.1. The molecule has 1 aliphatic heterocycles. The number of guanidine groups is 1. The summed E-state index contributed by atoms with van der Waals surface area (Å²) in [6.07, 6.45) is 6.79. The van der Waals surface area contributed by atoms with Crippen molar-refractivity contribution in [3.8, 4) is 0 Å². The fourth-order valence-electron chi connectivity index (χ4n) is 3.41. The third-order valence-corrected chi connectivity index (χ3v) is 5.36. The number of nitrogen functional groups attached to an aromatic ring is 2. The van der Waals surface area contributed by atoms with Gasteiger partial charge in [0.15, 0.2) is 28.4 Å². The van der Waals surface area contributed by atoms with Crippen molar-refractivity contribution in [1.82, 2.24) is 25.5 Å². The van der Waals surface area contributed by atoms with E-state index in [1.165, 1.54) is 32.4 Å². The SMILES string of the molecule is Cl.Cl.Cl.N=C(NCCCCC1CCN(CCCN)CC1)NC(=O)c1nc(Cl)c(N)nc1N. The van der Waals surface area contributed by atoms with Crippen LogP contribution >= 0.6 is 48.8 Å². The van der Waals surface area contributed by atoms with Gasteiger partial charge in [-0.05, 0) is 57.8 Å². The molecule has 1 fully saturated rings. The van der Waals surface area contributed by atoms with Crippen LogP contribution in [-0.4, -0.2) is 59.5 Å². The molecule has 2 heterocycles. The largest absolute Gasteiger partial charge is 0.382 e. The Balaban J connectivity index is 0. The number of rotatable bonds is 9. The average Bonchev–Trinajstić information content (AvgIpc) is 2.69. The van der Waals surface area contributed by atoms with E-state index in [9.17, 15) is 4.79 Å². The van der Waals surface area contributed by atoms with Crippen LogP contribution in [0.25, 0.3) is 0 Å². The molecule has 32 heavy (non-hydrogen) atoms. The van der Waals surface area contributed by atoms with Crippen LogP contribution in [0.3, 0.4) is 0 Å². The Hall–Kier alpha value is -1.30. The third-order valence-electron chi connectivity index (χ3n) is 5.08. The van der Waals surface area contributed by atoms with Crippen molar-refractivity contribution in [3.05, 3.63) is 10.8 Å². The molecule has 0 aromatic carbocycles. The van der Waals surface area contributed by atoms with Gasteiger partial charge in [-0.1, -0.05) is 24.4 Å². The van der Waals surface area contributed by atoms with Gasteiger partial charge in [0.05, 0.1) is 0 Å². The van der Waals surface area contributed by atoms with Crippen molar-refractivity contribution < 1.29 is 4.79 Å². The first kappa shape index (κ1) is 32.9. The molecular formula is C18H35Cl4N9O. The lowest BCUT2D eigenvalue weighted by Gasteiger charge is -2.31. The van der Waals surface area contributed by atoms with Crippen LogP contribution in [0.5, 0.6) is 0 Å². The molecular weight excluding hydrogens is 500 g/mol. The van der Waals surface area contributed by atoms with Gasteiger partial charge in [0.2, 0.25) is 0 Å². The quantitative estimate of drug-likeness (QED) is 0.158. The number of likely N-dealkylation sites (tertiary alicyclic amines) is 1. The number of amides is 1. The van der Waals surface area contributed by atoms with Crippen molar-refractivity contribution in [2.75, 3.05) is 44.2 Å². The summed E-state index contributed by atoms with van der Waals surface area (Å²) in [5.74, 6) is -0.172. The molecule has 0 saturated carbocycles. The number of hydrogen-bond acceptors (Lipinski definition) is 8. The van der Waals surface area contributed by atoms with Gasteiger partial charge in [-0.25, -0.2) is 9.97 Å². The number of nitrogens with two attached hydrogens (primary N) is 3. The van der Waals surface area contributed by atoms with Crippen LogP contribution in [0.15, 0.2) is 0 Å². The van der Waals surface area contributed by atoms with E-state index in [1.807, 2.05) is 0 Å². The molecule has 0 radical (unpaired) electrons. The van der Waals surface area contributed by atoms with E-state index in [0.29, 0.717) is 6.54 Å². The summed E-state index contributed by atoms with van der Waals surface area (Å²) in [4.78, 5) is 22.2. The second-order valence-electron chi connectivity index (χ2n) is 7.31. The van der Waals surface area contributed by atoms with Crippen molar-refractivity contribution in [2.45, 2.75) is 38.5 Å². The minimum absolute atomic E-state index is 0. The van der Waals surface area contributed by atoms with Gasteiger partial charge in [-0.15, -0.1) is 37.2 Å². The van der Waals surface area contributed by atoms with E-state index in [1.54, 1.807) is 0 Å². The normalized spacial score (nSPS) is 13.8. The molecule has 186 valence electrons. The Labute approximate surface area is 212 Å². The predicted molar refractivity (Wildman–Crippen MR) is 137 cm³/mol. The highest BCUT2D eigenvalue weighted by molar-refractivity contribution is 6.31. The molecule has 0 aliphatic carbocycles. The first-order chi connectivity index (χ1) is 13.9. The summed E-state index contributed by atoms with van der Waals surface area (Å²) in [7, 11) is 0. The zero-order chi connectivity index (χ0) is 21.2. The molecule has 0 spiro atoms. The van der Waals surface area contributed by atoms with E-state index in [0.717, 1.165) is 38.3 Å². The first-order valence-electron chi connectivity index (χ1n) is 10.1. The first-order valence-corrected chi connectivity index (χ1v) is 10.4. The predicted octanol–water partition coefficient (Wildman–Crippen LogP) is 2.05. The van der Waals surface area contributed by atoms with Crippen molar-refractivity contribution in [1.29, 1.82) is 5.41 Å². The Kier molecular flexibility index (Phi) is 17.7. The lowest BCUT2D eigenvalue weighted by molar-refractivity contribution is 0.0971. The van der Waals surface area contributed by atoms with E-state index in [4.69, 9.17) is 34.2 Å². The highest BCUT2D eigenvalue weighted by Crippen LogP contribution is 2.22. The molecule has 1 saturated heterocycles. The molecule has 9 N–H and O–H groups in total. The van der Waals surface area contributed by atoms with Crippen LogP contribution in [0, 0.1) is 11.3 Å². The highest BCUT2D eigenvalue weighted by atomic mass is 35.5. The topological polar surface area (TPSA) is 172 Å². The smallest absolute Gasteiger partial charge is 0.280 e. The van der Waals surface area contributed by atoms with Gasteiger partial charge < -0.3 is 27.4 Å². The van der Waals surface area contributed by atoms with Gasteiger partial charge in [0.1, 0.15) is 0 Å². The molecule has 0 bridgehead atoms. The van der Waals surface area contributed by atoms with Crippen molar-refractivity contribution in [2.24, 2.45) is 11.7 Å². The van der Waals surface area contributed by atoms with Gasteiger partial charge in [-0.3, -0.25) is 15.5 Å². The standard InChI is InChI=1S/C18H32ClN9O.3ClH/c19-14-16(22)26-15(21)13(25-14)17(29)27-18(23)24-8-2-1-4-12-5-10-28(11-6-12)9-3-7-20;;;/h12H,1-11,20H2,(H4,21,22,26)(H3,23,24,27,29);3*1H. The van der Waals surface area contributed by atoms with Crippen LogP contribution in [0.1, 0.15) is 49.0 Å². The number of halogens is 4. The molecule has 2 rings (SSSR count). The molecule has 1 aromatic heterocycles. The number of unbranched alkanes of at least 4 members (excludes halogenated alkanes) is 1. The van der Waals surface area contributed by atoms with Crippen LogP contribution < -0.4 is 27.8 Å². The number of aromatic nitrogens is 2. The minimum atomic E-state index is -0.657. The van der Waals surface area contributed by atoms with E-state index in [-0.39, 0.29) is 65.7 Å². The summed E-state index contributed by atoms with van der Waals surface area (Å²) in [5, 5.41) is 13.0. The van der Waals surface area contributed by atoms with E-state index < -0.39 is 5.91 Å². The van der Waals surface area contributed by atoms with E-state index in [2.05, 4.69) is 25.5 Å². The Morgan fingerprint density at radius 1 is 1.09 bits per heavy atom. The molecule has 1 aromatic rings. The maximum atomic E-state index is 12.1. The number of nitrogens with one attached hydrogen (secondary N) is 3. The van der Waals surface area contributed by atoms with Gasteiger partial charge in [0.25, 0.3) is 5.91 Å². The number of piperidine rings is 1. The number of anilines is 2. The lowest BCUT2D eigenvalue weighted by Crippen LogP contribution is -2.41. The van der Waals surface area contributed by atoms with E-state index >= 15 is 0 Å². The zero-order valence-electron chi connectivity index (χ0n) is 17.9. The minimum Gasteiger partial charge on any atom is -0.382 e. The van der Waals surface area contributed by atoms with Crippen molar-refractivity contribution in [3.63, 3.8) is 0 Å². The second-order valence-corrected chi connectivity index (χ2v) is 7.67. The summed E-state index contributed by atoms with van der Waals surface area (Å²) in [6.45, 7) is 4.82. The van der Waals surface area contributed by atoms with Crippen LogP contribution in [0.2, 0.25) is 5.15 Å². The van der Waals surface area contributed by atoms with Crippen molar-refractivity contribution >= 4 is 72.3 Å². The number of carbonyl (C=O) groups excluding carboxylic acids is 1. The highest BCUT2D eigenvalue weighted by Gasteiger charge is 2.19. The Morgan fingerprint density at radius 2 is 1.75 bits per heavy atom. The lowest BCUT2D eigenvalue weighted by atomic mass is 9.91. The molecule has 0 atom stereocenters. The summed E-state index contributed by atoms with van der Waals surface area (Å²) in [5.41, 5.74) is 16.5. The average molecular weight is 535 g/mol. The number of hydrogen-bond donors (Lipinski definition) is 6. The molecule has 14 heteroatoms. The summed E-state index contributed by atoms with van der Waals surface area (Å²) in [6, 6.07) is 0. The number of carbonyl (C=O) groups is 1. The molecule has 10 nitrogen and oxygen atoms in total. The van der Waals surface area contributed by atoms with Crippen LogP contribution in [0.4, 0.5) is 11.6 Å². The van der Waals surface area contributed by atoms with Crippen LogP contribution in [-0.2, 0) is 0 Å². The summed E-state index contributed by atoms with van der Waals surface area (Å²) < 4.78 is 0. The second kappa shape index (κ2) is 17.2. The monoisotopic (exact) mass is 533 g/mol. The fraction of sp³-hybridized carbons (Fsp3) is 0.667. The Bertz CT molecular complexity index is 703. The molecule has 0 unspecified atom stereocenters.